The van der Waals surface area contributed by atoms with Crippen LogP contribution in [0.1, 0.15) is 12.8 Å². The molecule has 0 radical (unpaired) electrons. The van der Waals surface area contributed by atoms with Crippen LogP contribution in [-0.4, -0.2) is 51.0 Å². The lowest BCUT2D eigenvalue weighted by molar-refractivity contribution is 0.238. The summed E-state index contributed by atoms with van der Waals surface area (Å²) in [5.41, 5.74) is 6.20. The van der Waals surface area contributed by atoms with Gasteiger partial charge in [0.05, 0.1) is 0 Å². The molecule has 1 aromatic heterocycles. The first-order valence-electron chi connectivity index (χ1n) is 10.2. The van der Waals surface area contributed by atoms with Crippen LogP contribution < -0.4 is 21.1 Å². The van der Waals surface area contributed by atoms with Crippen LogP contribution in [0.2, 0.25) is 0 Å². The van der Waals surface area contributed by atoms with Gasteiger partial charge < -0.3 is 21.1 Å². The molecule has 0 spiro atoms. The van der Waals surface area contributed by atoms with Gasteiger partial charge in [0.2, 0.25) is 17.0 Å². The summed E-state index contributed by atoms with van der Waals surface area (Å²) in [5.74, 6) is -0.656. The molecule has 0 bridgehead atoms. The predicted molar refractivity (Wildman–Crippen MR) is 123 cm³/mol. The lowest BCUT2D eigenvalue weighted by Crippen LogP contribution is -2.25. The Morgan fingerprint density at radius 2 is 1.78 bits per heavy atom. The third-order valence-electron chi connectivity index (χ3n) is 5.00. The van der Waals surface area contributed by atoms with Crippen molar-refractivity contribution in [3.8, 4) is 5.75 Å². The molecule has 8 nitrogen and oxygen atoms in total. The van der Waals surface area contributed by atoms with Gasteiger partial charge in [0.15, 0.2) is 0 Å². The summed E-state index contributed by atoms with van der Waals surface area (Å²) in [7, 11) is 0. The summed E-state index contributed by atoms with van der Waals surface area (Å²) in [5, 5.41) is 9.53. The molecule has 1 aliphatic heterocycles. The molecule has 11 heteroatoms. The van der Waals surface area contributed by atoms with Gasteiger partial charge in [-0.1, -0.05) is 6.07 Å². The van der Waals surface area contributed by atoms with E-state index in [1.54, 1.807) is 0 Å². The molecule has 1 fully saturated rings. The third kappa shape index (κ3) is 5.29. The highest BCUT2D eigenvalue weighted by atomic mass is 32.1. The van der Waals surface area contributed by atoms with E-state index in [-0.39, 0.29) is 22.7 Å². The van der Waals surface area contributed by atoms with Crippen LogP contribution in [0.3, 0.4) is 0 Å². The quantitative estimate of drug-likeness (QED) is 0.462. The number of aromatic nitrogens is 3. The van der Waals surface area contributed by atoms with Gasteiger partial charge in [-0.2, -0.15) is 9.67 Å². The van der Waals surface area contributed by atoms with Gasteiger partial charge in [0.1, 0.15) is 29.7 Å². The first kappa shape index (κ1) is 21.9. The molecule has 2 heterocycles. The Balaban J connectivity index is 1.34. The minimum Gasteiger partial charge on any atom is -0.492 e. The Bertz CT molecular complexity index is 1060. The van der Waals surface area contributed by atoms with E-state index in [1.165, 1.54) is 18.9 Å². The SMILES string of the molecule is Nc1nc(Nc2ccc(OCCN3CCCC3)cc2)nn1C(=S)Nc1c(F)cccc1F. The predicted octanol–water partition coefficient (Wildman–Crippen LogP) is 3.60. The van der Waals surface area contributed by atoms with Gasteiger partial charge >= 0.3 is 0 Å². The normalized spacial score (nSPS) is 13.8. The molecule has 0 saturated carbocycles. The number of hydrogen-bond acceptors (Lipinski definition) is 7. The van der Waals surface area contributed by atoms with Crippen LogP contribution in [0, 0.1) is 11.6 Å². The molecule has 2 aromatic carbocycles. The van der Waals surface area contributed by atoms with Gasteiger partial charge in [-0.3, -0.25) is 4.90 Å². The number of thiocarbonyl (C=S) groups is 1. The fraction of sp³-hybridized carbons (Fsp3) is 0.286. The molecule has 4 rings (SSSR count). The smallest absolute Gasteiger partial charge is 0.248 e. The lowest BCUT2D eigenvalue weighted by Gasteiger charge is -2.15. The molecular formula is C21H23F2N7OS. The molecule has 1 saturated heterocycles. The van der Waals surface area contributed by atoms with Crippen LogP contribution in [0.15, 0.2) is 42.5 Å². The van der Waals surface area contributed by atoms with Gasteiger partial charge in [0.25, 0.3) is 0 Å². The molecule has 32 heavy (non-hydrogen) atoms. The fourth-order valence-electron chi connectivity index (χ4n) is 3.37. The van der Waals surface area contributed by atoms with Crippen molar-refractivity contribution in [2.45, 2.75) is 12.8 Å². The molecular weight excluding hydrogens is 436 g/mol. The van der Waals surface area contributed by atoms with Crippen molar-refractivity contribution in [1.29, 1.82) is 0 Å². The first-order valence-corrected chi connectivity index (χ1v) is 10.6. The average Bonchev–Trinajstić information content (AvgIpc) is 3.42. The molecule has 3 aromatic rings. The highest BCUT2D eigenvalue weighted by Gasteiger charge is 2.15. The Morgan fingerprint density at radius 3 is 2.47 bits per heavy atom. The molecule has 4 N–H and O–H groups in total. The second kappa shape index (κ2) is 9.88. The average molecular weight is 460 g/mol. The van der Waals surface area contributed by atoms with E-state index in [0.29, 0.717) is 12.3 Å². The first-order chi connectivity index (χ1) is 15.5. The van der Waals surface area contributed by atoms with Crippen LogP contribution >= 0.6 is 12.2 Å². The number of likely N-dealkylation sites (tertiary alicyclic amines) is 1. The Hall–Kier alpha value is -3.31. The summed E-state index contributed by atoms with van der Waals surface area (Å²) in [6.07, 6.45) is 2.52. The summed E-state index contributed by atoms with van der Waals surface area (Å²) in [4.78, 5) is 6.49. The van der Waals surface area contributed by atoms with E-state index in [9.17, 15) is 8.78 Å². The second-order valence-corrected chi connectivity index (χ2v) is 7.67. The Kier molecular flexibility index (Phi) is 6.76. The van der Waals surface area contributed by atoms with Crippen LogP contribution in [0.5, 0.6) is 5.75 Å². The Labute approximate surface area is 189 Å². The highest BCUT2D eigenvalue weighted by molar-refractivity contribution is 7.80. The number of anilines is 4. The topological polar surface area (TPSA) is 93.3 Å². The largest absolute Gasteiger partial charge is 0.492 e. The van der Waals surface area contributed by atoms with E-state index >= 15 is 0 Å². The van der Waals surface area contributed by atoms with Gasteiger partial charge in [-0.25, -0.2) is 8.78 Å². The van der Waals surface area contributed by atoms with E-state index in [0.717, 1.165) is 42.2 Å². The number of ether oxygens (including phenoxy) is 1. The molecule has 1 aliphatic rings. The number of nitrogens with zero attached hydrogens (tertiary/aromatic N) is 4. The third-order valence-corrected chi connectivity index (χ3v) is 5.28. The monoisotopic (exact) mass is 459 g/mol. The van der Waals surface area contributed by atoms with Gasteiger partial charge in [-0.05, 0) is 74.5 Å². The van der Waals surface area contributed by atoms with Crippen molar-refractivity contribution < 1.29 is 13.5 Å². The van der Waals surface area contributed by atoms with Crippen LogP contribution in [-0.2, 0) is 0 Å². The number of nitrogen functional groups attached to an aromatic ring is 1. The Morgan fingerprint density at radius 1 is 1.09 bits per heavy atom. The van der Waals surface area contributed by atoms with Crippen LogP contribution in [0.4, 0.5) is 32.1 Å². The standard InChI is InChI=1S/C21H23F2N7OS/c22-16-4-3-5-17(23)18(16)26-21(32)30-19(24)27-20(28-30)25-14-6-8-15(9-7-14)31-13-12-29-10-1-2-11-29/h3-9H,1-2,10-13H2,(H,26,32)(H3,24,25,27,28). The van der Waals surface area contributed by atoms with Crippen molar-refractivity contribution in [1.82, 2.24) is 19.7 Å². The number of benzene rings is 2. The molecule has 0 aliphatic carbocycles. The summed E-state index contributed by atoms with van der Waals surface area (Å²) < 4.78 is 34.6. The van der Waals surface area contributed by atoms with Gasteiger partial charge in [-0.15, -0.1) is 5.10 Å². The fourth-order valence-corrected chi connectivity index (χ4v) is 3.60. The number of para-hydroxylation sites is 1. The minimum atomic E-state index is -0.785. The van der Waals surface area contributed by atoms with E-state index in [2.05, 4.69) is 25.6 Å². The highest BCUT2D eigenvalue weighted by Crippen LogP contribution is 2.21. The van der Waals surface area contributed by atoms with Crippen LogP contribution in [0.25, 0.3) is 0 Å². The number of rotatable bonds is 7. The lowest BCUT2D eigenvalue weighted by atomic mass is 10.3. The van der Waals surface area contributed by atoms with E-state index < -0.39 is 11.6 Å². The summed E-state index contributed by atoms with van der Waals surface area (Å²) in [6, 6.07) is 10.8. The van der Waals surface area contributed by atoms with Crippen molar-refractivity contribution in [3.63, 3.8) is 0 Å². The van der Waals surface area contributed by atoms with Crippen molar-refractivity contribution in [2.75, 3.05) is 42.6 Å². The minimum absolute atomic E-state index is 0.0383. The maximum Gasteiger partial charge on any atom is 0.248 e. The van der Waals surface area contributed by atoms with E-state index in [4.69, 9.17) is 22.7 Å². The maximum atomic E-state index is 13.8. The van der Waals surface area contributed by atoms with Crippen molar-refractivity contribution in [2.24, 2.45) is 0 Å². The second-order valence-electron chi connectivity index (χ2n) is 7.28. The number of nitrogens with two attached hydrogens (primary N) is 1. The molecule has 0 atom stereocenters. The van der Waals surface area contributed by atoms with Gasteiger partial charge in [0, 0.05) is 12.2 Å². The zero-order valence-corrected chi connectivity index (χ0v) is 18.0. The number of hydrogen-bond donors (Lipinski definition) is 3. The zero-order chi connectivity index (χ0) is 22.5. The number of nitrogens with one attached hydrogen (secondary N) is 2. The maximum absolute atomic E-state index is 13.8. The number of halogens is 2. The molecule has 168 valence electrons. The zero-order valence-electron chi connectivity index (χ0n) is 17.2. The summed E-state index contributed by atoms with van der Waals surface area (Å²) >= 11 is 5.17. The molecule has 0 unspecified atom stereocenters. The van der Waals surface area contributed by atoms with Crippen molar-refractivity contribution in [3.05, 3.63) is 54.1 Å². The molecule has 0 amide bonds. The summed E-state index contributed by atoms with van der Waals surface area (Å²) in [6.45, 7) is 3.85. The van der Waals surface area contributed by atoms with E-state index in [1.807, 2.05) is 24.3 Å². The van der Waals surface area contributed by atoms with Crippen molar-refractivity contribution >= 4 is 40.6 Å².